The first-order chi connectivity index (χ1) is 19.1. The lowest BCUT2D eigenvalue weighted by Crippen LogP contribution is -2.14. The maximum Gasteiger partial charge on any atom is 0.244 e. The summed E-state index contributed by atoms with van der Waals surface area (Å²) in [4.78, 5) is 9.51. The molecule has 7 rings (SSSR count). The summed E-state index contributed by atoms with van der Waals surface area (Å²) in [6.07, 6.45) is 6.49. The lowest BCUT2D eigenvalue weighted by Gasteiger charge is -2.24. The van der Waals surface area contributed by atoms with Crippen molar-refractivity contribution in [2.75, 3.05) is 0 Å². The van der Waals surface area contributed by atoms with Crippen LogP contribution in [0.15, 0.2) is 67.3 Å². The predicted molar refractivity (Wildman–Crippen MR) is 144 cm³/mol. The molecule has 5 heterocycles. The van der Waals surface area contributed by atoms with Gasteiger partial charge in [-0.25, -0.2) is 14.5 Å². The monoisotopic (exact) mass is 518 g/mol. The van der Waals surface area contributed by atoms with Crippen LogP contribution in [-0.4, -0.2) is 39.6 Å². The zero-order valence-electron chi connectivity index (χ0n) is 21.8. The third kappa shape index (κ3) is 4.01. The summed E-state index contributed by atoms with van der Waals surface area (Å²) >= 11 is 0. The minimum absolute atomic E-state index is 0.199. The van der Waals surface area contributed by atoms with Crippen molar-refractivity contribution in [3.63, 3.8) is 0 Å². The molecule has 39 heavy (non-hydrogen) atoms. The first-order valence-corrected chi connectivity index (χ1v) is 12.8. The molecule has 0 saturated carbocycles. The van der Waals surface area contributed by atoms with Crippen molar-refractivity contribution in [1.29, 1.82) is 0 Å². The van der Waals surface area contributed by atoms with Crippen molar-refractivity contribution >= 4 is 5.65 Å². The maximum atomic E-state index is 6.10. The van der Waals surface area contributed by atoms with Gasteiger partial charge in [0.2, 0.25) is 11.8 Å². The first-order valence-electron chi connectivity index (χ1n) is 12.8. The van der Waals surface area contributed by atoms with Crippen LogP contribution in [0.5, 0.6) is 17.5 Å². The molecule has 0 fully saturated rings. The third-order valence-electron chi connectivity index (χ3n) is 7.12. The Kier molecular flexibility index (Phi) is 5.39. The highest BCUT2D eigenvalue weighted by Gasteiger charge is 2.37. The Labute approximate surface area is 224 Å². The van der Waals surface area contributed by atoms with Crippen LogP contribution in [0.3, 0.4) is 0 Å². The van der Waals surface area contributed by atoms with Crippen LogP contribution in [0, 0.1) is 6.92 Å². The summed E-state index contributed by atoms with van der Waals surface area (Å²) in [7, 11) is 1.90. The lowest BCUT2D eigenvalue weighted by atomic mass is 9.86. The van der Waals surface area contributed by atoms with Crippen molar-refractivity contribution in [3.8, 4) is 28.9 Å². The molecule has 0 spiro atoms. The van der Waals surface area contributed by atoms with E-state index in [9.17, 15) is 0 Å². The van der Waals surface area contributed by atoms with E-state index < -0.39 is 0 Å². The molecule has 0 aliphatic carbocycles. The second kappa shape index (κ2) is 9.09. The molecule has 1 aliphatic heterocycles. The Morgan fingerprint density at radius 2 is 1.79 bits per heavy atom. The number of fused-ring (bicyclic) bond motifs is 4. The van der Waals surface area contributed by atoms with Crippen molar-refractivity contribution < 1.29 is 9.47 Å². The fourth-order valence-corrected chi connectivity index (χ4v) is 5.05. The zero-order chi connectivity index (χ0) is 26.5. The van der Waals surface area contributed by atoms with Gasteiger partial charge in [0, 0.05) is 35.6 Å². The fourth-order valence-electron chi connectivity index (χ4n) is 5.05. The first kappa shape index (κ1) is 23.2. The van der Waals surface area contributed by atoms with E-state index in [0.29, 0.717) is 29.8 Å². The van der Waals surface area contributed by atoms with E-state index in [1.165, 1.54) is 5.56 Å². The van der Waals surface area contributed by atoms with Gasteiger partial charge in [0.25, 0.3) is 0 Å². The molecule has 0 amide bonds. The van der Waals surface area contributed by atoms with Crippen LogP contribution in [0.25, 0.3) is 17.0 Å². The average Bonchev–Trinajstić information content (AvgIpc) is 3.69. The van der Waals surface area contributed by atoms with E-state index in [-0.39, 0.29) is 5.92 Å². The largest absolute Gasteiger partial charge is 0.489 e. The summed E-state index contributed by atoms with van der Waals surface area (Å²) in [6, 6.07) is 16.3. The predicted octanol–water partition coefficient (Wildman–Crippen LogP) is 4.98. The van der Waals surface area contributed by atoms with Crippen molar-refractivity contribution in [2.24, 2.45) is 7.05 Å². The van der Waals surface area contributed by atoms with Crippen LogP contribution in [0.2, 0.25) is 0 Å². The van der Waals surface area contributed by atoms with Gasteiger partial charge in [-0.15, -0.1) is 10.2 Å². The van der Waals surface area contributed by atoms with Crippen LogP contribution in [0.1, 0.15) is 46.4 Å². The molecular formula is C29H26N8O2. The lowest BCUT2D eigenvalue weighted by molar-refractivity contribution is 0.306. The van der Waals surface area contributed by atoms with Gasteiger partial charge in [0.05, 0.1) is 17.7 Å². The number of hydrogen-bond donors (Lipinski definition) is 1. The third-order valence-corrected chi connectivity index (χ3v) is 7.12. The summed E-state index contributed by atoms with van der Waals surface area (Å²) in [5, 5.41) is 16.5. The van der Waals surface area contributed by atoms with E-state index in [4.69, 9.17) is 19.6 Å². The van der Waals surface area contributed by atoms with E-state index >= 15 is 0 Å². The molecular weight excluding hydrogens is 492 g/mol. The fraction of sp³-hybridized carbons (Fsp3) is 0.207. The second-order valence-electron chi connectivity index (χ2n) is 9.70. The number of nitrogens with one attached hydrogen (secondary N) is 1. The molecule has 1 atom stereocenters. The standard InChI is InChI=1S/C29H26N8O2/c1-4-18-7-11-22(12-8-18)38-15-19-5-9-20(10-6-19)26-32-27-25-24(21-13-31-36(3)14-21)23-17(2)33-34-29(23)39-28(25)30-16-37(27)35-26/h5-14,16,24H,4,15H2,1-3H3,(H,33,34)/t24-/m1/s1. The van der Waals surface area contributed by atoms with Gasteiger partial charge in [-0.2, -0.15) is 5.10 Å². The highest BCUT2D eigenvalue weighted by atomic mass is 16.5. The topological polar surface area (TPSA) is 108 Å². The second-order valence-corrected chi connectivity index (χ2v) is 9.70. The Morgan fingerprint density at radius 3 is 2.54 bits per heavy atom. The molecule has 10 heteroatoms. The molecule has 1 N–H and O–H groups in total. The summed E-state index contributed by atoms with van der Waals surface area (Å²) in [6.45, 7) is 4.61. The number of rotatable bonds is 6. The Balaban J connectivity index is 1.21. The molecule has 0 unspecified atom stereocenters. The van der Waals surface area contributed by atoms with Crippen LogP contribution < -0.4 is 9.47 Å². The molecule has 2 aromatic carbocycles. The number of aromatic amines is 1. The van der Waals surface area contributed by atoms with Crippen molar-refractivity contribution in [1.82, 2.24) is 39.6 Å². The molecule has 0 radical (unpaired) electrons. The Bertz CT molecular complexity index is 1800. The molecule has 6 aromatic rings. The van der Waals surface area contributed by atoms with Crippen LogP contribution in [-0.2, 0) is 20.1 Å². The quantitative estimate of drug-likeness (QED) is 0.331. The van der Waals surface area contributed by atoms with Gasteiger partial charge in [-0.3, -0.25) is 9.78 Å². The van der Waals surface area contributed by atoms with E-state index in [2.05, 4.69) is 39.3 Å². The number of ether oxygens (including phenoxy) is 2. The summed E-state index contributed by atoms with van der Waals surface area (Å²) in [5.74, 6) is 2.25. The highest BCUT2D eigenvalue weighted by Crippen LogP contribution is 2.48. The average molecular weight is 519 g/mol. The van der Waals surface area contributed by atoms with Gasteiger partial charge in [-0.1, -0.05) is 43.3 Å². The zero-order valence-corrected chi connectivity index (χ0v) is 21.8. The number of nitrogens with zero attached hydrogens (tertiary/aromatic N) is 7. The van der Waals surface area contributed by atoms with Gasteiger partial charge >= 0.3 is 0 Å². The van der Waals surface area contributed by atoms with E-state index in [1.54, 1.807) is 15.5 Å². The van der Waals surface area contributed by atoms with Gasteiger partial charge in [0.1, 0.15) is 18.7 Å². The molecule has 0 saturated heterocycles. The number of hydrogen-bond acceptors (Lipinski definition) is 7. The highest BCUT2D eigenvalue weighted by molar-refractivity contribution is 5.68. The number of benzene rings is 2. The molecule has 10 nitrogen and oxygen atoms in total. The normalized spacial score (nSPS) is 14.2. The molecule has 0 bridgehead atoms. The van der Waals surface area contributed by atoms with E-state index in [0.717, 1.165) is 45.7 Å². The number of H-pyrrole nitrogens is 1. The molecule has 4 aromatic heterocycles. The number of aryl methyl sites for hydroxylation is 3. The molecule has 194 valence electrons. The van der Waals surface area contributed by atoms with E-state index in [1.807, 2.05) is 62.8 Å². The van der Waals surface area contributed by atoms with Crippen molar-refractivity contribution in [3.05, 3.63) is 101 Å². The minimum Gasteiger partial charge on any atom is -0.489 e. The van der Waals surface area contributed by atoms with Gasteiger partial charge in [-0.05, 0) is 36.6 Å². The van der Waals surface area contributed by atoms with Gasteiger partial charge in [0.15, 0.2) is 11.5 Å². The van der Waals surface area contributed by atoms with Crippen molar-refractivity contribution in [2.45, 2.75) is 32.8 Å². The SMILES string of the molecule is CCc1ccc(OCc2ccc(-c3nc4c5c(ncn4n3)Oc3n[nH]c(C)c3[C@H]5c3cnn(C)c3)cc2)cc1. The maximum absolute atomic E-state index is 6.10. The van der Waals surface area contributed by atoms with Gasteiger partial charge < -0.3 is 9.47 Å². The van der Waals surface area contributed by atoms with Crippen LogP contribution >= 0.6 is 0 Å². The smallest absolute Gasteiger partial charge is 0.244 e. The Hall–Kier alpha value is -4.99. The number of aromatic nitrogens is 8. The molecule has 1 aliphatic rings. The summed E-state index contributed by atoms with van der Waals surface area (Å²) < 4.78 is 15.6. The Morgan fingerprint density at radius 1 is 1.00 bits per heavy atom. The minimum atomic E-state index is -0.199. The van der Waals surface area contributed by atoms with Crippen LogP contribution in [0.4, 0.5) is 0 Å². The summed E-state index contributed by atoms with van der Waals surface area (Å²) in [5.41, 5.74) is 7.64.